The van der Waals surface area contributed by atoms with E-state index < -0.39 is 9.84 Å². The van der Waals surface area contributed by atoms with Gasteiger partial charge >= 0.3 is 0 Å². The van der Waals surface area contributed by atoms with Gasteiger partial charge in [0, 0.05) is 12.6 Å². The minimum absolute atomic E-state index is 0.0318. The molecule has 1 amide bonds. The second-order valence-corrected chi connectivity index (χ2v) is 8.53. The topological polar surface area (TPSA) is 72.9 Å². The zero-order valence-corrected chi connectivity index (χ0v) is 14.7. The Bertz CT molecular complexity index is 716. The standard InChI is InChI=1S/C17H23NO5S/c1-2-6-18(14-5-9-24(20,21)12-14)17(19)11-13-3-4-15-16(10-13)23-8-7-22-15/h3-4,10,14H,2,5-9,11-12H2,1H3/t14-/m1/s1. The quantitative estimate of drug-likeness (QED) is 0.801. The molecule has 0 aromatic heterocycles. The molecule has 0 radical (unpaired) electrons. The van der Waals surface area contributed by atoms with Gasteiger partial charge in [-0.1, -0.05) is 13.0 Å². The zero-order valence-electron chi connectivity index (χ0n) is 13.9. The molecule has 2 aliphatic rings. The first kappa shape index (κ1) is 17.1. The summed E-state index contributed by atoms with van der Waals surface area (Å²) in [6.07, 6.45) is 1.59. The Morgan fingerprint density at radius 3 is 2.67 bits per heavy atom. The molecule has 0 saturated carbocycles. The van der Waals surface area contributed by atoms with E-state index in [1.807, 2.05) is 25.1 Å². The number of carbonyl (C=O) groups excluding carboxylic acids is 1. The fraction of sp³-hybridized carbons (Fsp3) is 0.588. The smallest absolute Gasteiger partial charge is 0.227 e. The fourth-order valence-electron chi connectivity index (χ4n) is 3.25. The largest absolute Gasteiger partial charge is 0.486 e. The van der Waals surface area contributed by atoms with E-state index in [9.17, 15) is 13.2 Å². The van der Waals surface area contributed by atoms with Crippen LogP contribution in [0.4, 0.5) is 0 Å². The number of sulfone groups is 1. The molecule has 0 aliphatic carbocycles. The van der Waals surface area contributed by atoms with Gasteiger partial charge in [-0.2, -0.15) is 0 Å². The molecule has 1 atom stereocenters. The van der Waals surface area contributed by atoms with Crippen molar-refractivity contribution in [2.45, 2.75) is 32.2 Å². The highest BCUT2D eigenvalue weighted by Crippen LogP contribution is 2.31. The number of rotatable bonds is 5. The average molecular weight is 353 g/mol. The van der Waals surface area contributed by atoms with Crippen LogP contribution in [0.1, 0.15) is 25.3 Å². The molecule has 132 valence electrons. The molecule has 0 bridgehead atoms. The van der Waals surface area contributed by atoms with E-state index in [-0.39, 0.29) is 29.9 Å². The summed E-state index contributed by atoms with van der Waals surface area (Å²) >= 11 is 0. The third-order valence-electron chi connectivity index (χ3n) is 4.40. The maximum Gasteiger partial charge on any atom is 0.227 e. The van der Waals surface area contributed by atoms with Crippen LogP contribution < -0.4 is 9.47 Å². The highest BCUT2D eigenvalue weighted by molar-refractivity contribution is 7.91. The number of nitrogens with zero attached hydrogens (tertiary/aromatic N) is 1. The van der Waals surface area contributed by atoms with Crippen molar-refractivity contribution in [3.63, 3.8) is 0 Å². The van der Waals surface area contributed by atoms with Crippen LogP contribution in [-0.4, -0.2) is 56.5 Å². The van der Waals surface area contributed by atoms with Gasteiger partial charge in [0.1, 0.15) is 13.2 Å². The molecular weight excluding hydrogens is 330 g/mol. The van der Waals surface area contributed by atoms with Gasteiger partial charge in [-0.25, -0.2) is 8.42 Å². The van der Waals surface area contributed by atoms with E-state index in [1.54, 1.807) is 4.90 Å². The van der Waals surface area contributed by atoms with Crippen molar-refractivity contribution in [1.29, 1.82) is 0 Å². The number of hydrogen-bond acceptors (Lipinski definition) is 5. The van der Waals surface area contributed by atoms with Crippen molar-refractivity contribution in [2.75, 3.05) is 31.3 Å². The molecule has 3 rings (SSSR count). The first-order chi connectivity index (χ1) is 11.5. The lowest BCUT2D eigenvalue weighted by molar-refractivity contribution is -0.132. The third-order valence-corrected chi connectivity index (χ3v) is 6.15. The van der Waals surface area contributed by atoms with Gasteiger partial charge in [-0.15, -0.1) is 0 Å². The predicted molar refractivity (Wildman–Crippen MR) is 90.2 cm³/mol. The van der Waals surface area contributed by atoms with Crippen molar-refractivity contribution in [1.82, 2.24) is 4.90 Å². The van der Waals surface area contributed by atoms with Crippen LogP contribution in [0, 0.1) is 0 Å². The number of ether oxygens (including phenoxy) is 2. The molecule has 2 heterocycles. The zero-order chi connectivity index (χ0) is 17.2. The van der Waals surface area contributed by atoms with Crippen LogP contribution in [0.5, 0.6) is 11.5 Å². The molecule has 0 spiro atoms. The molecule has 7 heteroatoms. The van der Waals surface area contributed by atoms with Gasteiger partial charge in [0.15, 0.2) is 21.3 Å². The van der Waals surface area contributed by atoms with Gasteiger partial charge < -0.3 is 14.4 Å². The number of carbonyl (C=O) groups is 1. The molecule has 1 aromatic rings. The summed E-state index contributed by atoms with van der Waals surface area (Å²) in [5.41, 5.74) is 0.853. The normalized spacial score (nSPS) is 21.5. The van der Waals surface area contributed by atoms with Gasteiger partial charge in [0.2, 0.25) is 5.91 Å². The van der Waals surface area contributed by atoms with Crippen LogP contribution in [-0.2, 0) is 21.1 Å². The van der Waals surface area contributed by atoms with Crippen LogP contribution in [0.2, 0.25) is 0 Å². The number of fused-ring (bicyclic) bond motifs is 1. The lowest BCUT2D eigenvalue weighted by Gasteiger charge is -2.28. The molecule has 0 unspecified atom stereocenters. The number of amides is 1. The number of hydrogen-bond donors (Lipinski definition) is 0. The van der Waals surface area contributed by atoms with Gasteiger partial charge in [0.05, 0.1) is 17.9 Å². The fourth-order valence-corrected chi connectivity index (χ4v) is 4.98. The lowest BCUT2D eigenvalue weighted by atomic mass is 10.1. The summed E-state index contributed by atoms with van der Waals surface area (Å²) in [6.45, 7) is 3.62. The van der Waals surface area contributed by atoms with Crippen molar-refractivity contribution in [2.24, 2.45) is 0 Å². The van der Waals surface area contributed by atoms with Gasteiger partial charge in [0.25, 0.3) is 0 Å². The van der Waals surface area contributed by atoms with Crippen LogP contribution >= 0.6 is 0 Å². The van der Waals surface area contributed by atoms with E-state index in [4.69, 9.17) is 9.47 Å². The monoisotopic (exact) mass is 353 g/mol. The molecule has 2 aliphatic heterocycles. The van der Waals surface area contributed by atoms with Crippen LogP contribution in [0.3, 0.4) is 0 Å². The van der Waals surface area contributed by atoms with Crippen LogP contribution in [0.25, 0.3) is 0 Å². The predicted octanol–water partition coefficient (Wildman–Crippen LogP) is 1.43. The van der Waals surface area contributed by atoms with E-state index in [1.165, 1.54) is 0 Å². The second kappa shape index (κ2) is 7.01. The van der Waals surface area contributed by atoms with Crippen molar-refractivity contribution >= 4 is 15.7 Å². The van der Waals surface area contributed by atoms with Crippen molar-refractivity contribution in [3.05, 3.63) is 23.8 Å². The Balaban J connectivity index is 1.71. The van der Waals surface area contributed by atoms with E-state index in [0.29, 0.717) is 37.7 Å². The summed E-state index contributed by atoms with van der Waals surface area (Å²) < 4.78 is 34.5. The first-order valence-corrected chi connectivity index (χ1v) is 10.2. The Morgan fingerprint density at radius 2 is 2.00 bits per heavy atom. The highest BCUT2D eigenvalue weighted by Gasteiger charge is 2.34. The molecular formula is C17H23NO5S. The molecule has 1 aromatic carbocycles. The highest BCUT2D eigenvalue weighted by atomic mass is 32.2. The van der Waals surface area contributed by atoms with E-state index >= 15 is 0 Å². The van der Waals surface area contributed by atoms with Gasteiger partial charge in [-0.3, -0.25) is 4.79 Å². The lowest BCUT2D eigenvalue weighted by Crippen LogP contribution is -2.42. The van der Waals surface area contributed by atoms with E-state index in [2.05, 4.69) is 0 Å². The SMILES string of the molecule is CCCN(C(=O)Cc1ccc2c(c1)OCCO2)[C@@H]1CCS(=O)(=O)C1. The Morgan fingerprint density at radius 1 is 1.25 bits per heavy atom. The van der Waals surface area contributed by atoms with Crippen molar-refractivity contribution in [3.8, 4) is 11.5 Å². The first-order valence-electron chi connectivity index (χ1n) is 8.37. The molecule has 1 fully saturated rings. The minimum atomic E-state index is -3.01. The third kappa shape index (κ3) is 3.83. The minimum Gasteiger partial charge on any atom is -0.486 e. The molecule has 0 N–H and O–H groups in total. The Kier molecular flexibility index (Phi) is 4.99. The van der Waals surface area contributed by atoms with Crippen LogP contribution in [0.15, 0.2) is 18.2 Å². The average Bonchev–Trinajstić information content (AvgIpc) is 2.92. The molecule has 24 heavy (non-hydrogen) atoms. The van der Waals surface area contributed by atoms with Gasteiger partial charge in [-0.05, 0) is 30.5 Å². The second-order valence-electron chi connectivity index (χ2n) is 6.30. The Labute approximate surface area is 142 Å². The molecule has 6 nitrogen and oxygen atoms in total. The summed E-state index contributed by atoms with van der Waals surface area (Å²) in [7, 11) is -3.01. The number of benzene rings is 1. The summed E-state index contributed by atoms with van der Waals surface area (Å²) in [4.78, 5) is 14.5. The van der Waals surface area contributed by atoms with Crippen molar-refractivity contribution < 1.29 is 22.7 Å². The summed E-state index contributed by atoms with van der Waals surface area (Å²) in [6, 6.07) is 5.32. The Hall–Kier alpha value is -1.76. The summed E-state index contributed by atoms with van der Waals surface area (Å²) in [5.74, 6) is 1.59. The van der Waals surface area contributed by atoms with E-state index in [0.717, 1.165) is 12.0 Å². The maximum absolute atomic E-state index is 12.7. The maximum atomic E-state index is 12.7. The summed E-state index contributed by atoms with van der Waals surface area (Å²) in [5, 5.41) is 0. The molecule has 1 saturated heterocycles.